The molecule has 0 aliphatic rings. The summed E-state index contributed by atoms with van der Waals surface area (Å²) >= 11 is 0. The van der Waals surface area contributed by atoms with E-state index in [2.05, 4.69) is 15.0 Å². The maximum absolute atomic E-state index is 13.4. The van der Waals surface area contributed by atoms with Crippen molar-refractivity contribution < 1.29 is 8.78 Å². The van der Waals surface area contributed by atoms with Gasteiger partial charge in [-0.2, -0.15) is 0 Å². The fourth-order valence-corrected chi connectivity index (χ4v) is 1.64. The molecule has 0 saturated carbocycles. The summed E-state index contributed by atoms with van der Waals surface area (Å²) in [6, 6.07) is 7.83. The molecule has 0 bridgehead atoms. The van der Waals surface area contributed by atoms with Crippen molar-refractivity contribution in [2.45, 2.75) is 0 Å². The van der Waals surface area contributed by atoms with Gasteiger partial charge in [-0.3, -0.25) is 4.98 Å². The first-order valence-electron chi connectivity index (χ1n) is 5.01. The largest absolute Gasteiger partial charge is 0.337 e. The lowest BCUT2D eigenvalue weighted by molar-refractivity contribution is 0.515. The van der Waals surface area contributed by atoms with Crippen molar-refractivity contribution in [1.29, 1.82) is 0 Å². The number of pyridine rings is 1. The smallest absolute Gasteiger partial charge is 0.186 e. The van der Waals surface area contributed by atoms with Crippen molar-refractivity contribution in [3.8, 4) is 11.5 Å². The normalized spacial score (nSPS) is 10.9. The first-order valence-corrected chi connectivity index (χ1v) is 5.01. The summed E-state index contributed by atoms with van der Waals surface area (Å²) in [6.07, 6.45) is 1.61. The Morgan fingerprint density at radius 2 is 1.94 bits per heavy atom. The third-order valence-corrected chi connectivity index (χ3v) is 2.45. The van der Waals surface area contributed by atoms with Crippen molar-refractivity contribution in [3.63, 3.8) is 0 Å². The maximum Gasteiger partial charge on any atom is 0.186 e. The fourth-order valence-electron chi connectivity index (χ4n) is 1.64. The van der Waals surface area contributed by atoms with E-state index < -0.39 is 11.6 Å². The molecule has 0 aliphatic carbocycles. The monoisotopic (exact) mass is 231 g/mol. The van der Waals surface area contributed by atoms with Crippen molar-refractivity contribution in [2.75, 3.05) is 0 Å². The lowest BCUT2D eigenvalue weighted by Crippen LogP contribution is -1.85. The first kappa shape index (κ1) is 9.89. The number of benzene rings is 1. The molecule has 0 atom stereocenters. The van der Waals surface area contributed by atoms with E-state index in [-0.39, 0.29) is 5.52 Å². The van der Waals surface area contributed by atoms with E-state index in [9.17, 15) is 8.78 Å². The molecule has 0 radical (unpaired) electrons. The topological polar surface area (TPSA) is 41.6 Å². The second-order valence-electron chi connectivity index (χ2n) is 3.56. The number of rotatable bonds is 1. The molecular weight excluding hydrogens is 224 g/mol. The van der Waals surface area contributed by atoms with Gasteiger partial charge in [0.05, 0.1) is 5.52 Å². The van der Waals surface area contributed by atoms with Gasteiger partial charge in [0.2, 0.25) is 0 Å². The van der Waals surface area contributed by atoms with E-state index in [4.69, 9.17) is 0 Å². The number of fused-ring (bicyclic) bond motifs is 1. The van der Waals surface area contributed by atoms with Gasteiger partial charge in [0.1, 0.15) is 11.2 Å². The van der Waals surface area contributed by atoms with Crippen LogP contribution in [-0.2, 0) is 0 Å². The number of H-pyrrole nitrogens is 1. The van der Waals surface area contributed by atoms with Crippen LogP contribution in [0.15, 0.2) is 36.5 Å². The second kappa shape index (κ2) is 3.62. The van der Waals surface area contributed by atoms with Crippen molar-refractivity contribution in [1.82, 2.24) is 15.0 Å². The van der Waals surface area contributed by atoms with Crippen LogP contribution < -0.4 is 0 Å². The van der Waals surface area contributed by atoms with Crippen LogP contribution in [0.1, 0.15) is 0 Å². The SMILES string of the molecule is Fc1ccc2[nH]c(-c3ccccn3)nc2c1F. The highest BCUT2D eigenvalue weighted by atomic mass is 19.2. The Hall–Kier alpha value is -2.30. The molecule has 84 valence electrons. The molecule has 3 nitrogen and oxygen atoms in total. The summed E-state index contributed by atoms with van der Waals surface area (Å²) in [6.45, 7) is 0. The van der Waals surface area contributed by atoms with Gasteiger partial charge in [0.25, 0.3) is 0 Å². The lowest BCUT2D eigenvalue weighted by Gasteiger charge is -1.92. The number of nitrogens with one attached hydrogen (secondary N) is 1. The predicted octanol–water partition coefficient (Wildman–Crippen LogP) is 2.90. The molecule has 0 spiro atoms. The molecule has 2 aromatic heterocycles. The summed E-state index contributed by atoms with van der Waals surface area (Å²) in [4.78, 5) is 11.0. The van der Waals surface area contributed by atoms with E-state index in [1.54, 1.807) is 24.4 Å². The predicted molar refractivity (Wildman–Crippen MR) is 59.2 cm³/mol. The van der Waals surface area contributed by atoms with Crippen LogP contribution in [0.25, 0.3) is 22.6 Å². The zero-order valence-corrected chi connectivity index (χ0v) is 8.61. The third kappa shape index (κ3) is 1.56. The van der Waals surface area contributed by atoms with E-state index in [0.29, 0.717) is 17.0 Å². The van der Waals surface area contributed by atoms with Crippen LogP contribution in [-0.4, -0.2) is 15.0 Å². The van der Waals surface area contributed by atoms with E-state index in [1.165, 1.54) is 6.07 Å². The van der Waals surface area contributed by atoms with Gasteiger partial charge in [-0.15, -0.1) is 0 Å². The molecule has 0 saturated heterocycles. The van der Waals surface area contributed by atoms with Gasteiger partial charge in [0.15, 0.2) is 17.5 Å². The molecule has 3 aromatic rings. The molecular formula is C12H7F2N3. The molecule has 1 aromatic carbocycles. The number of imidazole rings is 1. The number of nitrogens with zero attached hydrogens (tertiary/aromatic N) is 2. The minimum atomic E-state index is -0.944. The Balaban J connectivity index is 2.24. The van der Waals surface area contributed by atoms with Crippen LogP contribution in [0.3, 0.4) is 0 Å². The highest BCUT2D eigenvalue weighted by Crippen LogP contribution is 2.22. The van der Waals surface area contributed by atoms with Gasteiger partial charge in [-0.1, -0.05) is 6.07 Å². The van der Waals surface area contributed by atoms with Crippen LogP contribution in [0.5, 0.6) is 0 Å². The molecule has 0 amide bonds. The van der Waals surface area contributed by atoms with E-state index in [0.717, 1.165) is 6.07 Å². The zero-order chi connectivity index (χ0) is 11.8. The first-order chi connectivity index (χ1) is 8.25. The van der Waals surface area contributed by atoms with Crippen molar-refractivity contribution in [2.24, 2.45) is 0 Å². The highest BCUT2D eigenvalue weighted by molar-refractivity contribution is 5.79. The minimum absolute atomic E-state index is 0.00865. The molecule has 17 heavy (non-hydrogen) atoms. The molecule has 1 N–H and O–H groups in total. The number of hydrogen-bond acceptors (Lipinski definition) is 2. The van der Waals surface area contributed by atoms with Gasteiger partial charge >= 0.3 is 0 Å². The summed E-state index contributed by atoms with van der Waals surface area (Å²) in [5, 5.41) is 0. The number of halogens is 2. The Morgan fingerprint density at radius 1 is 1.06 bits per heavy atom. The van der Waals surface area contributed by atoms with Crippen LogP contribution in [0.4, 0.5) is 8.78 Å². The van der Waals surface area contributed by atoms with Gasteiger partial charge in [-0.05, 0) is 24.3 Å². The lowest BCUT2D eigenvalue weighted by atomic mass is 10.3. The van der Waals surface area contributed by atoms with Gasteiger partial charge in [-0.25, -0.2) is 13.8 Å². The van der Waals surface area contributed by atoms with E-state index >= 15 is 0 Å². The van der Waals surface area contributed by atoms with Crippen molar-refractivity contribution in [3.05, 3.63) is 48.2 Å². The summed E-state index contributed by atoms with van der Waals surface area (Å²) in [5.41, 5.74) is 1.03. The number of hydrogen-bond donors (Lipinski definition) is 1. The zero-order valence-electron chi connectivity index (χ0n) is 8.61. The van der Waals surface area contributed by atoms with Gasteiger partial charge in [0, 0.05) is 6.20 Å². The Morgan fingerprint density at radius 3 is 2.71 bits per heavy atom. The summed E-state index contributed by atoms with van der Waals surface area (Å²) < 4.78 is 26.5. The molecule has 0 aliphatic heterocycles. The van der Waals surface area contributed by atoms with Crippen molar-refractivity contribution >= 4 is 11.0 Å². The summed E-state index contributed by atoms with van der Waals surface area (Å²) in [7, 11) is 0. The second-order valence-corrected chi connectivity index (χ2v) is 3.56. The Bertz CT molecular complexity index is 677. The Kier molecular flexibility index (Phi) is 2.11. The minimum Gasteiger partial charge on any atom is -0.337 e. The highest BCUT2D eigenvalue weighted by Gasteiger charge is 2.12. The maximum atomic E-state index is 13.4. The summed E-state index contributed by atoms with van der Waals surface area (Å²) in [5.74, 6) is -1.43. The number of aromatic amines is 1. The fraction of sp³-hybridized carbons (Fsp3) is 0. The van der Waals surface area contributed by atoms with Crippen LogP contribution in [0.2, 0.25) is 0 Å². The quantitative estimate of drug-likeness (QED) is 0.699. The molecule has 0 unspecified atom stereocenters. The molecule has 5 heteroatoms. The molecule has 2 heterocycles. The van der Waals surface area contributed by atoms with E-state index in [1.807, 2.05) is 0 Å². The molecule has 3 rings (SSSR count). The Labute approximate surface area is 95.1 Å². The third-order valence-electron chi connectivity index (χ3n) is 2.45. The average molecular weight is 231 g/mol. The van der Waals surface area contributed by atoms with Crippen LogP contribution >= 0.6 is 0 Å². The number of aromatic nitrogens is 3. The standard InChI is InChI=1S/C12H7F2N3/c13-7-4-5-8-11(10(7)14)17-12(16-8)9-3-1-2-6-15-9/h1-6H,(H,16,17). The molecule has 0 fully saturated rings. The average Bonchev–Trinajstić information content (AvgIpc) is 2.80. The van der Waals surface area contributed by atoms with Crippen LogP contribution in [0, 0.1) is 11.6 Å². The van der Waals surface area contributed by atoms with Gasteiger partial charge < -0.3 is 4.98 Å².